The number of carboxylic acid groups (broad SMARTS) is 1. The van der Waals surface area contributed by atoms with Gasteiger partial charge in [0.15, 0.2) is 0 Å². The third kappa shape index (κ3) is 3.03. The Morgan fingerprint density at radius 2 is 2.40 bits per heavy atom. The van der Waals surface area contributed by atoms with Crippen molar-refractivity contribution < 1.29 is 9.90 Å². The Bertz CT molecular complexity index is 362. The lowest BCUT2D eigenvalue weighted by atomic mass is 10.2. The van der Waals surface area contributed by atoms with Crippen LogP contribution in [0, 0.1) is 5.92 Å². The molecule has 1 aliphatic rings. The minimum absolute atomic E-state index is 0.554. The Kier molecular flexibility index (Phi) is 3.43. The minimum atomic E-state index is -0.801. The van der Waals surface area contributed by atoms with Gasteiger partial charge in [-0.15, -0.1) is 11.3 Å². The van der Waals surface area contributed by atoms with Gasteiger partial charge in [0.1, 0.15) is 6.04 Å². The normalized spacial score (nSPS) is 17.7. The molecule has 0 aliphatic heterocycles. The van der Waals surface area contributed by atoms with E-state index in [4.69, 9.17) is 5.11 Å². The van der Waals surface area contributed by atoms with E-state index in [1.165, 1.54) is 24.2 Å². The fourth-order valence-corrected chi connectivity index (χ4v) is 2.89. The molecule has 15 heavy (non-hydrogen) atoms. The van der Waals surface area contributed by atoms with Gasteiger partial charge in [0.2, 0.25) is 0 Å². The van der Waals surface area contributed by atoms with Crippen LogP contribution in [0.2, 0.25) is 0 Å². The Morgan fingerprint density at radius 1 is 1.67 bits per heavy atom. The molecule has 0 radical (unpaired) electrons. The van der Waals surface area contributed by atoms with Crippen LogP contribution in [-0.4, -0.2) is 17.6 Å². The summed E-state index contributed by atoms with van der Waals surface area (Å²) in [5.74, 6) is -0.111. The molecule has 0 amide bonds. The number of hydrogen-bond donors (Lipinski definition) is 2. The van der Waals surface area contributed by atoms with Crippen LogP contribution in [0.1, 0.15) is 23.8 Å². The molecule has 0 saturated heterocycles. The number of carboxylic acids is 1. The van der Waals surface area contributed by atoms with E-state index in [0.29, 0.717) is 5.92 Å². The second kappa shape index (κ2) is 4.63. The van der Waals surface area contributed by atoms with Gasteiger partial charge < -0.3 is 5.11 Å². The second-order valence-corrected chi connectivity index (χ2v) is 6.26. The van der Waals surface area contributed by atoms with Gasteiger partial charge in [0.25, 0.3) is 0 Å². The zero-order valence-electron chi connectivity index (χ0n) is 8.07. The molecule has 1 heterocycles. The first-order chi connectivity index (χ1) is 7.16. The van der Waals surface area contributed by atoms with Crippen LogP contribution in [0.4, 0.5) is 0 Å². The molecule has 1 aromatic heterocycles. The Labute approximate surface area is 101 Å². The van der Waals surface area contributed by atoms with Gasteiger partial charge in [0, 0.05) is 4.88 Å². The fourth-order valence-electron chi connectivity index (χ4n) is 1.40. The number of rotatable bonds is 5. The van der Waals surface area contributed by atoms with E-state index in [1.807, 2.05) is 12.1 Å². The highest BCUT2D eigenvalue weighted by Gasteiger charge is 2.26. The summed E-state index contributed by atoms with van der Waals surface area (Å²) >= 11 is 4.81. The standard InChI is InChI=1S/C10H12BrNO2S/c11-8-4-3-7(15-8)9(10(13)14)12-5-6-1-2-6/h3-4,6,9,12H,1-2,5H2,(H,13,14). The van der Waals surface area contributed by atoms with Crippen molar-refractivity contribution in [3.63, 3.8) is 0 Å². The number of nitrogens with one attached hydrogen (secondary N) is 1. The first-order valence-electron chi connectivity index (χ1n) is 4.88. The minimum Gasteiger partial charge on any atom is -0.480 e. The molecule has 0 aromatic carbocycles. The third-order valence-corrected chi connectivity index (χ3v) is 4.12. The Balaban J connectivity index is 2.01. The third-order valence-electron chi connectivity index (χ3n) is 2.43. The maximum Gasteiger partial charge on any atom is 0.326 e. The van der Waals surface area contributed by atoms with Crippen LogP contribution < -0.4 is 5.32 Å². The van der Waals surface area contributed by atoms with E-state index in [-0.39, 0.29) is 0 Å². The topological polar surface area (TPSA) is 49.3 Å². The van der Waals surface area contributed by atoms with Crippen molar-refractivity contribution in [3.05, 3.63) is 20.8 Å². The summed E-state index contributed by atoms with van der Waals surface area (Å²) in [6.07, 6.45) is 2.46. The van der Waals surface area contributed by atoms with E-state index in [2.05, 4.69) is 21.2 Å². The van der Waals surface area contributed by atoms with Crippen molar-refractivity contribution in [1.82, 2.24) is 5.32 Å². The molecular weight excluding hydrogens is 278 g/mol. The van der Waals surface area contributed by atoms with Crippen LogP contribution in [-0.2, 0) is 4.79 Å². The van der Waals surface area contributed by atoms with E-state index >= 15 is 0 Å². The number of thiophene rings is 1. The number of hydrogen-bond acceptors (Lipinski definition) is 3. The van der Waals surface area contributed by atoms with Gasteiger partial charge in [-0.05, 0) is 53.4 Å². The maximum atomic E-state index is 11.1. The lowest BCUT2D eigenvalue weighted by Crippen LogP contribution is -2.29. The SMILES string of the molecule is O=C(O)C(NCC1CC1)c1ccc(Br)s1. The summed E-state index contributed by atoms with van der Waals surface area (Å²) in [7, 11) is 0. The smallest absolute Gasteiger partial charge is 0.326 e. The molecular formula is C10H12BrNO2S. The van der Waals surface area contributed by atoms with E-state index in [0.717, 1.165) is 15.2 Å². The number of carbonyl (C=O) groups is 1. The monoisotopic (exact) mass is 289 g/mol. The molecule has 1 saturated carbocycles. The average molecular weight is 290 g/mol. The molecule has 2 N–H and O–H groups in total. The lowest BCUT2D eigenvalue weighted by Gasteiger charge is -2.11. The summed E-state index contributed by atoms with van der Waals surface area (Å²) in [6, 6.07) is 3.18. The maximum absolute atomic E-state index is 11.1. The Hall–Kier alpha value is -0.390. The molecule has 5 heteroatoms. The van der Waals surface area contributed by atoms with Gasteiger partial charge in [-0.1, -0.05) is 0 Å². The zero-order chi connectivity index (χ0) is 10.8. The fraction of sp³-hybridized carbons (Fsp3) is 0.500. The largest absolute Gasteiger partial charge is 0.480 e. The molecule has 3 nitrogen and oxygen atoms in total. The van der Waals surface area contributed by atoms with Gasteiger partial charge in [0.05, 0.1) is 3.79 Å². The summed E-state index contributed by atoms with van der Waals surface area (Å²) in [6.45, 7) is 0.812. The Morgan fingerprint density at radius 3 is 2.87 bits per heavy atom. The van der Waals surface area contributed by atoms with Crippen LogP contribution in [0.3, 0.4) is 0 Å². The van der Waals surface area contributed by atoms with Crippen molar-refractivity contribution in [1.29, 1.82) is 0 Å². The van der Waals surface area contributed by atoms with Gasteiger partial charge >= 0.3 is 5.97 Å². The number of halogens is 1. The molecule has 1 fully saturated rings. The lowest BCUT2D eigenvalue weighted by molar-refractivity contribution is -0.139. The predicted octanol–water partition coefficient (Wildman–Crippen LogP) is 2.64. The molecule has 0 spiro atoms. The van der Waals surface area contributed by atoms with Crippen LogP contribution in [0.15, 0.2) is 15.9 Å². The van der Waals surface area contributed by atoms with Crippen molar-refractivity contribution in [2.75, 3.05) is 6.54 Å². The highest BCUT2D eigenvalue weighted by molar-refractivity contribution is 9.11. The van der Waals surface area contributed by atoms with E-state index in [1.54, 1.807) is 0 Å². The van der Waals surface area contributed by atoms with E-state index < -0.39 is 12.0 Å². The van der Waals surface area contributed by atoms with Gasteiger partial charge in [-0.2, -0.15) is 0 Å². The quantitative estimate of drug-likeness (QED) is 0.876. The average Bonchev–Trinajstić information content (AvgIpc) is 2.89. The van der Waals surface area contributed by atoms with Crippen molar-refractivity contribution in [2.45, 2.75) is 18.9 Å². The van der Waals surface area contributed by atoms with E-state index in [9.17, 15) is 4.79 Å². The zero-order valence-corrected chi connectivity index (χ0v) is 10.5. The molecule has 82 valence electrons. The molecule has 2 rings (SSSR count). The summed E-state index contributed by atoms with van der Waals surface area (Å²) in [5, 5.41) is 12.2. The molecule has 1 atom stereocenters. The van der Waals surface area contributed by atoms with Crippen LogP contribution in [0.5, 0.6) is 0 Å². The summed E-state index contributed by atoms with van der Waals surface area (Å²) in [5.41, 5.74) is 0. The molecule has 1 aromatic rings. The van der Waals surface area contributed by atoms with Crippen molar-refractivity contribution in [2.24, 2.45) is 5.92 Å². The van der Waals surface area contributed by atoms with Crippen molar-refractivity contribution >= 4 is 33.2 Å². The number of aliphatic carboxylic acids is 1. The molecule has 0 bridgehead atoms. The molecule has 1 aliphatic carbocycles. The first-order valence-corrected chi connectivity index (χ1v) is 6.49. The van der Waals surface area contributed by atoms with Gasteiger partial charge in [-0.3, -0.25) is 10.1 Å². The predicted molar refractivity (Wildman–Crippen MR) is 63.1 cm³/mol. The van der Waals surface area contributed by atoms with Crippen molar-refractivity contribution in [3.8, 4) is 0 Å². The highest BCUT2D eigenvalue weighted by atomic mass is 79.9. The van der Waals surface area contributed by atoms with Gasteiger partial charge in [-0.25, -0.2) is 0 Å². The molecule has 1 unspecified atom stereocenters. The highest BCUT2D eigenvalue weighted by Crippen LogP contribution is 2.31. The summed E-state index contributed by atoms with van der Waals surface area (Å²) in [4.78, 5) is 11.9. The van der Waals surface area contributed by atoms with Crippen LogP contribution in [0.25, 0.3) is 0 Å². The van der Waals surface area contributed by atoms with Crippen LogP contribution >= 0.6 is 27.3 Å². The second-order valence-electron chi connectivity index (χ2n) is 3.76. The first kappa shape index (κ1) is 11.1. The summed E-state index contributed by atoms with van der Waals surface area (Å²) < 4.78 is 0.969.